The molecule has 0 aliphatic carbocycles. The lowest BCUT2D eigenvalue weighted by Gasteiger charge is -2.41. The van der Waals surface area contributed by atoms with Crippen molar-refractivity contribution in [1.29, 1.82) is 0 Å². The SMILES string of the molecule is Cc1cc(OCC2CCOCC2)ccc1-c1cc(COc2ccc(C3(OCC(=O)O)COC3)cc2)ccc1C. The summed E-state index contributed by atoms with van der Waals surface area (Å²) >= 11 is 0. The van der Waals surface area contributed by atoms with Crippen molar-refractivity contribution >= 4 is 5.97 Å². The van der Waals surface area contributed by atoms with Crippen molar-refractivity contribution in [2.45, 2.75) is 38.9 Å². The Kier molecular flexibility index (Phi) is 8.50. The van der Waals surface area contributed by atoms with Crippen LogP contribution in [0.2, 0.25) is 0 Å². The molecule has 2 fully saturated rings. The fourth-order valence-electron chi connectivity index (χ4n) is 5.05. The number of hydrogen-bond donors (Lipinski definition) is 1. The quantitative estimate of drug-likeness (QED) is 0.340. The fourth-order valence-corrected chi connectivity index (χ4v) is 5.05. The molecule has 0 spiro atoms. The number of aryl methyl sites for hydroxylation is 2. The molecule has 0 aromatic heterocycles. The van der Waals surface area contributed by atoms with E-state index in [4.69, 9.17) is 28.8 Å². The molecule has 0 radical (unpaired) electrons. The summed E-state index contributed by atoms with van der Waals surface area (Å²) in [5.41, 5.74) is 6.01. The summed E-state index contributed by atoms with van der Waals surface area (Å²) in [5, 5.41) is 8.97. The maximum Gasteiger partial charge on any atom is 0.329 e. The highest BCUT2D eigenvalue weighted by Crippen LogP contribution is 2.35. The average Bonchev–Trinajstić information content (AvgIpc) is 2.92. The van der Waals surface area contributed by atoms with E-state index in [0.717, 1.165) is 55.3 Å². The molecule has 2 saturated heterocycles. The molecule has 2 aliphatic heterocycles. The zero-order valence-electron chi connectivity index (χ0n) is 22.6. The van der Waals surface area contributed by atoms with E-state index in [1.807, 2.05) is 24.3 Å². The first-order valence-corrected chi connectivity index (χ1v) is 13.5. The van der Waals surface area contributed by atoms with Crippen LogP contribution in [0.25, 0.3) is 11.1 Å². The molecular formula is C32H36O7. The zero-order valence-corrected chi connectivity index (χ0v) is 22.6. The summed E-state index contributed by atoms with van der Waals surface area (Å²) < 4.78 is 28.6. The van der Waals surface area contributed by atoms with Gasteiger partial charge < -0.3 is 28.8 Å². The summed E-state index contributed by atoms with van der Waals surface area (Å²) in [6.45, 7) is 7.40. The van der Waals surface area contributed by atoms with Gasteiger partial charge in [0.1, 0.15) is 30.3 Å². The van der Waals surface area contributed by atoms with E-state index < -0.39 is 11.6 Å². The molecule has 2 heterocycles. The molecule has 3 aromatic rings. The maximum absolute atomic E-state index is 10.9. The summed E-state index contributed by atoms with van der Waals surface area (Å²) in [6, 6.07) is 20.3. The van der Waals surface area contributed by atoms with Crippen molar-refractivity contribution in [3.63, 3.8) is 0 Å². The molecule has 0 bridgehead atoms. The van der Waals surface area contributed by atoms with E-state index in [9.17, 15) is 4.79 Å². The van der Waals surface area contributed by atoms with E-state index in [0.29, 0.717) is 25.7 Å². The Balaban J connectivity index is 1.22. The smallest absolute Gasteiger partial charge is 0.329 e. The molecular weight excluding hydrogens is 496 g/mol. The number of rotatable bonds is 11. The minimum atomic E-state index is -0.997. The standard InChI is InChI=1S/C32H36O7/c1-22-3-4-25(18-37-27-7-5-26(6-8-27)32(20-36-21-32)39-19-31(33)34)16-30(22)29-10-9-28(15-23(29)2)38-17-24-11-13-35-14-12-24/h3-10,15-16,24H,11-14,17-21H2,1-2H3,(H,33,34). The third-order valence-electron chi connectivity index (χ3n) is 7.54. The van der Waals surface area contributed by atoms with Gasteiger partial charge in [-0.15, -0.1) is 0 Å². The van der Waals surface area contributed by atoms with E-state index >= 15 is 0 Å². The fraction of sp³-hybridized carbons (Fsp3) is 0.406. The maximum atomic E-state index is 10.9. The van der Waals surface area contributed by atoms with Gasteiger partial charge in [0.15, 0.2) is 0 Å². The number of hydrogen-bond acceptors (Lipinski definition) is 6. The van der Waals surface area contributed by atoms with Crippen LogP contribution in [0.5, 0.6) is 11.5 Å². The minimum absolute atomic E-state index is 0.342. The topological polar surface area (TPSA) is 83.5 Å². The Hall–Kier alpha value is -3.39. The van der Waals surface area contributed by atoms with Crippen LogP contribution in [0.1, 0.15) is 35.1 Å². The van der Waals surface area contributed by atoms with Crippen LogP contribution in [-0.4, -0.2) is 50.7 Å². The largest absolute Gasteiger partial charge is 0.493 e. The van der Waals surface area contributed by atoms with E-state index in [1.165, 1.54) is 22.3 Å². The summed E-state index contributed by atoms with van der Waals surface area (Å²) in [7, 11) is 0. The summed E-state index contributed by atoms with van der Waals surface area (Å²) in [4.78, 5) is 10.9. The first-order valence-electron chi connectivity index (χ1n) is 13.5. The van der Waals surface area contributed by atoms with Crippen molar-refractivity contribution < 1.29 is 33.6 Å². The van der Waals surface area contributed by atoms with Gasteiger partial charge in [0.05, 0.1) is 19.8 Å². The molecule has 0 saturated carbocycles. The van der Waals surface area contributed by atoms with Crippen LogP contribution in [0, 0.1) is 19.8 Å². The zero-order chi connectivity index (χ0) is 27.2. The van der Waals surface area contributed by atoms with E-state index in [2.05, 4.69) is 50.2 Å². The van der Waals surface area contributed by atoms with Gasteiger partial charge in [0.25, 0.3) is 0 Å². The van der Waals surface area contributed by atoms with Crippen molar-refractivity contribution in [1.82, 2.24) is 0 Å². The Morgan fingerprint density at radius 1 is 0.872 bits per heavy atom. The highest BCUT2D eigenvalue weighted by atomic mass is 16.6. The van der Waals surface area contributed by atoms with Gasteiger partial charge in [-0.3, -0.25) is 0 Å². The molecule has 5 rings (SSSR count). The predicted octanol–water partition coefficient (Wildman–Crippen LogP) is 5.68. The molecule has 0 atom stereocenters. The normalized spacial score (nSPS) is 16.9. The minimum Gasteiger partial charge on any atom is -0.493 e. The number of ether oxygens (including phenoxy) is 5. The molecule has 39 heavy (non-hydrogen) atoms. The van der Waals surface area contributed by atoms with Crippen molar-refractivity contribution in [3.8, 4) is 22.6 Å². The lowest BCUT2D eigenvalue weighted by molar-refractivity contribution is -0.220. The van der Waals surface area contributed by atoms with Gasteiger partial charge in [-0.25, -0.2) is 4.79 Å². The van der Waals surface area contributed by atoms with Crippen molar-refractivity contribution in [2.24, 2.45) is 5.92 Å². The number of carboxylic acids is 1. The second-order valence-corrected chi connectivity index (χ2v) is 10.5. The number of carboxylic acid groups (broad SMARTS) is 1. The first kappa shape index (κ1) is 27.2. The Bertz CT molecular complexity index is 1270. The van der Waals surface area contributed by atoms with Gasteiger partial charge in [0, 0.05) is 13.2 Å². The van der Waals surface area contributed by atoms with E-state index in [-0.39, 0.29) is 6.61 Å². The molecule has 7 nitrogen and oxygen atoms in total. The summed E-state index contributed by atoms with van der Waals surface area (Å²) in [6.07, 6.45) is 2.12. The molecule has 1 N–H and O–H groups in total. The van der Waals surface area contributed by atoms with Crippen LogP contribution in [0.15, 0.2) is 60.7 Å². The van der Waals surface area contributed by atoms with Gasteiger partial charge in [0.2, 0.25) is 0 Å². The lowest BCUT2D eigenvalue weighted by atomic mass is 9.91. The monoisotopic (exact) mass is 532 g/mol. The van der Waals surface area contributed by atoms with Crippen LogP contribution >= 0.6 is 0 Å². The van der Waals surface area contributed by atoms with Crippen molar-refractivity contribution in [3.05, 3.63) is 82.9 Å². The average molecular weight is 533 g/mol. The van der Waals surface area contributed by atoms with Gasteiger partial charge >= 0.3 is 5.97 Å². The van der Waals surface area contributed by atoms with Crippen LogP contribution < -0.4 is 9.47 Å². The first-order chi connectivity index (χ1) is 18.9. The molecule has 206 valence electrons. The van der Waals surface area contributed by atoms with Crippen molar-refractivity contribution in [2.75, 3.05) is 39.6 Å². The predicted molar refractivity (Wildman–Crippen MR) is 147 cm³/mol. The third-order valence-corrected chi connectivity index (χ3v) is 7.54. The molecule has 2 aliphatic rings. The molecule has 7 heteroatoms. The highest BCUT2D eigenvalue weighted by Gasteiger charge is 2.42. The molecule has 0 unspecified atom stereocenters. The number of benzene rings is 3. The second kappa shape index (κ2) is 12.2. The van der Waals surface area contributed by atoms with Crippen LogP contribution in [-0.2, 0) is 31.2 Å². The van der Waals surface area contributed by atoms with Gasteiger partial charge in [-0.1, -0.05) is 30.3 Å². The van der Waals surface area contributed by atoms with Crippen LogP contribution in [0.3, 0.4) is 0 Å². The number of aliphatic carboxylic acids is 1. The summed E-state index contributed by atoms with van der Waals surface area (Å²) in [5.74, 6) is 1.21. The lowest BCUT2D eigenvalue weighted by Crippen LogP contribution is -2.49. The molecule has 3 aromatic carbocycles. The van der Waals surface area contributed by atoms with Gasteiger partial charge in [-0.2, -0.15) is 0 Å². The van der Waals surface area contributed by atoms with E-state index in [1.54, 1.807) is 0 Å². The molecule has 0 amide bonds. The van der Waals surface area contributed by atoms with Gasteiger partial charge in [-0.05, 0) is 96.3 Å². The highest BCUT2D eigenvalue weighted by molar-refractivity contribution is 5.72. The number of carbonyl (C=O) groups is 1. The Morgan fingerprint density at radius 2 is 1.62 bits per heavy atom. The Labute approximate surface area is 229 Å². The second-order valence-electron chi connectivity index (χ2n) is 10.5. The third kappa shape index (κ3) is 6.61. The van der Waals surface area contributed by atoms with Crippen LogP contribution in [0.4, 0.5) is 0 Å². The Morgan fingerprint density at radius 3 is 2.28 bits per heavy atom.